The standard InChI is InChI=1S/C42H48N6O7.3H2S/c1-42(2,3)55-41(52)48-19-7-10-35(48)37-43-24-34(44-37)30-15-14-27-21-26(12-13-28(27)22-30)29-16-17-32-31(23-29)25-54-20-6-5-9-33(46-40(51)53-4)39(50)47-18-8-11-36(47)38(49)45-32;;;/h5-6,12-17,21-24,33,35-36H,7-11,18-20,25H2,1-4H3,(H,43,44)(H,45,49)(H,46,51);3*1H2/b6-5+;;;/t33-,35-,36-;;;/m0.../s1. The second-order valence-electron chi connectivity index (χ2n) is 15.3. The topological polar surface area (TPSA) is 155 Å². The van der Waals surface area contributed by atoms with E-state index >= 15 is 0 Å². The number of nitrogens with zero attached hydrogens (tertiary/aromatic N) is 3. The quantitative estimate of drug-likeness (QED) is 0.179. The van der Waals surface area contributed by atoms with Gasteiger partial charge in [-0.05, 0) is 99.0 Å². The van der Waals surface area contributed by atoms with E-state index in [1.54, 1.807) is 15.9 Å². The summed E-state index contributed by atoms with van der Waals surface area (Å²) in [5, 5.41) is 7.80. The molecule has 58 heavy (non-hydrogen) atoms. The number of fused-ring (bicyclic) bond motifs is 3. The van der Waals surface area contributed by atoms with Gasteiger partial charge < -0.3 is 34.7 Å². The summed E-state index contributed by atoms with van der Waals surface area (Å²) in [6, 6.07) is 16.8. The number of aromatic amines is 1. The molecule has 0 unspecified atom stereocenters. The van der Waals surface area contributed by atoms with Crippen LogP contribution in [-0.4, -0.2) is 88.3 Å². The lowest BCUT2D eigenvalue weighted by molar-refractivity contribution is -0.138. The molecule has 13 nitrogen and oxygen atoms in total. The van der Waals surface area contributed by atoms with Gasteiger partial charge in [-0.1, -0.05) is 42.5 Å². The van der Waals surface area contributed by atoms with Gasteiger partial charge in [0.15, 0.2) is 0 Å². The fourth-order valence-corrected chi connectivity index (χ4v) is 7.53. The monoisotopic (exact) mass is 850 g/mol. The van der Waals surface area contributed by atoms with Gasteiger partial charge in [0.05, 0.1) is 38.3 Å². The van der Waals surface area contributed by atoms with Crippen molar-refractivity contribution in [2.75, 3.05) is 32.1 Å². The maximum Gasteiger partial charge on any atom is 0.410 e. The van der Waals surface area contributed by atoms with Crippen LogP contribution in [0.1, 0.15) is 70.3 Å². The minimum absolute atomic E-state index is 0. The van der Waals surface area contributed by atoms with Gasteiger partial charge in [0.1, 0.15) is 23.5 Å². The highest BCUT2D eigenvalue weighted by atomic mass is 32.1. The zero-order chi connectivity index (χ0) is 38.7. The Balaban J connectivity index is 0.00000248. The molecule has 4 heterocycles. The summed E-state index contributed by atoms with van der Waals surface area (Å²) in [6.45, 7) is 7.21. The Kier molecular flexibility index (Phi) is 15.8. The second-order valence-corrected chi connectivity index (χ2v) is 15.3. The van der Waals surface area contributed by atoms with Crippen molar-refractivity contribution in [3.8, 4) is 22.4 Å². The molecule has 2 fully saturated rings. The third-order valence-corrected chi connectivity index (χ3v) is 10.3. The number of nitrogens with one attached hydrogen (secondary N) is 3. The number of anilines is 1. The smallest absolute Gasteiger partial charge is 0.410 e. The van der Waals surface area contributed by atoms with Gasteiger partial charge in [-0.3, -0.25) is 14.5 Å². The number of amides is 4. The summed E-state index contributed by atoms with van der Waals surface area (Å²) in [4.78, 5) is 63.5. The van der Waals surface area contributed by atoms with E-state index in [9.17, 15) is 19.2 Å². The number of rotatable bonds is 4. The molecule has 1 aromatic heterocycles. The van der Waals surface area contributed by atoms with Crippen LogP contribution in [0.2, 0.25) is 0 Å². The van der Waals surface area contributed by atoms with Crippen molar-refractivity contribution >= 4 is 80.9 Å². The maximum absolute atomic E-state index is 13.6. The third-order valence-electron chi connectivity index (χ3n) is 10.3. The molecular formula is C42H54N6O7S3. The van der Waals surface area contributed by atoms with Crippen molar-refractivity contribution in [3.63, 3.8) is 0 Å². The van der Waals surface area contributed by atoms with E-state index < -0.39 is 23.8 Å². The lowest BCUT2D eigenvalue weighted by Crippen LogP contribution is -2.52. The number of ether oxygens (including phenoxy) is 3. The summed E-state index contributed by atoms with van der Waals surface area (Å²) in [5.41, 5.74) is 4.72. The van der Waals surface area contributed by atoms with Crippen LogP contribution in [0.4, 0.5) is 15.3 Å². The first-order valence-corrected chi connectivity index (χ1v) is 18.9. The zero-order valence-corrected chi connectivity index (χ0v) is 36.2. The highest BCUT2D eigenvalue weighted by Gasteiger charge is 2.38. The number of benzene rings is 3. The molecule has 0 radical (unpaired) electrons. The minimum atomic E-state index is -0.859. The van der Waals surface area contributed by atoms with E-state index in [0.717, 1.165) is 57.4 Å². The van der Waals surface area contributed by atoms with Crippen molar-refractivity contribution in [1.82, 2.24) is 25.1 Å². The first kappa shape index (κ1) is 46.1. The van der Waals surface area contributed by atoms with Crippen molar-refractivity contribution in [2.45, 2.75) is 83.2 Å². The number of hydrogen-bond donors (Lipinski definition) is 3. The van der Waals surface area contributed by atoms with Crippen molar-refractivity contribution in [2.24, 2.45) is 0 Å². The number of carbonyl (C=O) groups is 4. The Labute approximate surface area is 360 Å². The maximum atomic E-state index is 13.6. The van der Waals surface area contributed by atoms with Gasteiger partial charge in [-0.15, -0.1) is 0 Å². The van der Waals surface area contributed by atoms with Crippen LogP contribution < -0.4 is 10.6 Å². The fraction of sp³-hybridized carbons (Fsp3) is 0.405. The van der Waals surface area contributed by atoms with Crippen molar-refractivity contribution in [3.05, 3.63) is 84.3 Å². The molecule has 7 rings (SSSR count). The predicted molar refractivity (Wildman–Crippen MR) is 239 cm³/mol. The van der Waals surface area contributed by atoms with Crippen LogP contribution in [-0.2, 0) is 30.4 Å². The first-order chi connectivity index (χ1) is 26.5. The molecule has 4 aromatic rings. The van der Waals surface area contributed by atoms with Crippen molar-refractivity contribution in [1.29, 1.82) is 0 Å². The van der Waals surface area contributed by atoms with Gasteiger partial charge in [0.25, 0.3) is 0 Å². The fourth-order valence-electron chi connectivity index (χ4n) is 7.53. The SMILES string of the molecule is COC(=O)N[C@H]1C/C=C/COCc2cc(-c3ccc4cc(-c5cnc([C@@H]6CCCN6C(=O)OC(C)(C)C)[nH]5)ccc4c3)ccc2NC(=O)[C@@H]2CCCN2C1=O.S.S.S. The Bertz CT molecular complexity index is 2140. The molecule has 3 aromatic carbocycles. The summed E-state index contributed by atoms with van der Waals surface area (Å²) >= 11 is 0. The third kappa shape index (κ3) is 10.5. The molecule has 2 saturated heterocycles. The van der Waals surface area contributed by atoms with Crippen LogP contribution in [0, 0.1) is 0 Å². The van der Waals surface area contributed by atoms with E-state index in [-0.39, 0.29) is 84.1 Å². The summed E-state index contributed by atoms with van der Waals surface area (Å²) in [5.74, 6) is 0.150. The van der Waals surface area contributed by atoms with Crippen LogP contribution in [0.3, 0.4) is 0 Å². The molecule has 4 amide bonds. The molecule has 3 aliphatic rings. The number of likely N-dealkylation sites (tertiary alicyclic amines) is 1. The lowest BCUT2D eigenvalue weighted by Gasteiger charge is -2.28. The highest BCUT2D eigenvalue weighted by molar-refractivity contribution is 7.59. The second kappa shape index (κ2) is 19.9. The molecule has 0 bridgehead atoms. The van der Waals surface area contributed by atoms with E-state index in [0.29, 0.717) is 31.6 Å². The molecule has 3 atom stereocenters. The molecule has 3 N–H and O–H groups in total. The molecule has 0 saturated carbocycles. The molecule has 0 spiro atoms. The first-order valence-electron chi connectivity index (χ1n) is 18.9. The molecule has 3 aliphatic heterocycles. The number of alkyl carbamates (subject to hydrolysis) is 1. The minimum Gasteiger partial charge on any atom is -0.453 e. The number of H-pyrrole nitrogens is 1. The molecule has 16 heteroatoms. The Morgan fingerprint density at radius 3 is 2.29 bits per heavy atom. The Hall–Kier alpha value is -4.64. The van der Waals surface area contributed by atoms with E-state index in [2.05, 4.69) is 57.0 Å². The molecule has 312 valence electrons. The number of methoxy groups -OCH3 is 1. The Morgan fingerprint density at radius 1 is 0.879 bits per heavy atom. The number of carbonyl (C=O) groups excluding carboxylic acids is 4. The van der Waals surface area contributed by atoms with Crippen LogP contribution in [0.15, 0.2) is 72.9 Å². The summed E-state index contributed by atoms with van der Waals surface area (Å²) in [7, 11) is 1.25. The lowest BCUT2D eigenvalue weighted by atomic mass is 9.97. The molecular weight excluding hydrogens is 797 g/mol. The van der Waals surface area contributed by atoms with E-state index in [4.69, 9.17) is 14.2 Å². The van der Waals surface area contributed by atoms with E-state index in [1.165, 1.54) is 7.11 Å². The summed E-state index contributed by atoms with van der Waals surface area (Å²) in [6.07, 6.45) is 7.58. The number of hydrogen-bond acceptors (Lipinski definition) is 8. The van der Waals surface area contributed by atoms with Crippen LogP contribution in [0.5, 0.6) is 0 Å². The Morgan fingerprint density at radius 2 is 1.55 bits per heavy atom. The van der Waals surface area contributed by atoms with Crippen LogP contribution >= 0.6 is 40.5 Å². The van der Waals surface area contributed by atoms with Gasteiger partial charge in [-0.2, -0.15) is 40.5 Å². The zero-order valence-electron chi connectivity index (χ0n) is 33.2. The van der Waals surface area contributed by atoms with Gasteiger partial charge in [0.2, 0.25) is 11.8 Å². The van der Waals surface area contributed by atoms with Gasteiger partial charge in [-0.25, -0.2) is 14.6 Å². The summed E-state index contributed by atoms with van der Waals surface area (Å²) < 4.78 is 16.4. The largest absolute Gasteiger partial charge is 0.453 e. The van der Waals surface area contributed by atoms with Gasteiger partial charge in [0, 0.05) is 29.9 Å². The van der Waals surface area contributed by atoms with Crippen LogP contribution in [0.25, 0.3) is 33.2 Å². The highest BCUT2D eigenvalue weighted by Crippen LogP contribution is 2.35. The number of imidazole rings is 1. The van der Waals surface area contributed by atoms with Gasteiger partial charge >= 0.3 is 12.2 Å². The normalized spacial score (nSPS) is 20.2. The number of aromatic nitrogens is 2. The van der Waals surface area contributed by atoms with Crippen molar-refractivity contribution < 1.29 is 33.4 Å². The average Bonchev–Trinajstić information content (AvgIpc) is 3.96. The average molecular weight is 851 g/mol. The van der Waals surface area contributed by atoms with E-state index in [1.807, 2.05) is 51.2 Å². The molecule has 0 aliphatic carbocycles. The predicted octanol–water partition coefficient (Wildman–Crippen LogP) is 7.44.